The number of benzene rings is 1. The molecule has 12 aliphatic rings. The highest BCUT2D eigenvalue weighted by Crippen LogP contribution is 2.42. The Morgan fingerprint density at radius 1 is 0.568 bits per heavy atom. The topological polar surface area (TPSA) is 609 Å². The number of urea groups is 3. The third kappa shape index (κ3) is 30.2. The van der Waals surface area contributed by atoms with Gasteiger partial charge in [0.25, 0.3) is 0 Å². The van der Waals surface area contributed by atoms with Crippen molar-refractivity contribution in [2.45, 2.75) is 245 Å². The molecule has 7 amide bonds. The molecule has 1 aromatic carbocycles. The smallest absolute Gasteiger partial charge is 0.418 e. The molecule has 41 nitrogen and oxygen atoms in total. The fourth-order valence-corrected chi connectivity index (χ4v) is 16.6. The molecule has 43 heteroatoms. The number of nitrogens with zero attached hydrogens (tertiary/aromatic N) is 10. The van der Waals surface area contributed by atoms with Crippen LogP contribution in [0.4, 0.5) is 14.4 Å². The Labute approximate surface area is 687 Å². The Balaban J connectivity index is 0.000000218. The van der Waals surface area contributed by atoms with Crippen molar-refractivity contribution in [2.75, 3.05) is 39.5 Å². The number of piperidine rings is 3. The molecular weight excluding hydrogens is 1590 g/mol. The Morgan fingerprint density at radius 2 is 0.992 bits per heavy atom. The van der Waals surface area contributed by atoms with E-state index >= 15 is 0 Å². The van der Waals surface area contributed by atoms with Crippen LogP contribution in [-0.4, -0.2) is 216 Å². The highest BCUT2D eigenvalue weighted by Gasteiger charge is 2.52. The summed E-state index contributed by atoms with van der Waals surface area (Å²) in [5, 5.41) is 28.1. The van der Waals surface area contributed by atoms with Crippen molar-refractivity contribution in [2.24, 2.45) is 76.3 Å². The van der Waals surface area contributed by atoms with Crippen LogP contribution in [0, 0.1) is 47.3 Å². The Hall–Kier alpha value is -8.73. The molecule has 6 aliphatic carbocycles. The van der Waals surface area contributed by atoms with Crippen molar-refractivity contribution in [3.63, 3.8) is 0 Å². The van der Waals surface area contributed by atoms with E-state index in [0.29, 0.717) is 166 Å². The number of nitrogens with two attached hydrogens (primary N) is 5. The molecule has 6 saturated heterocycles. The number of carbonyl (C=O) groups is 9. The van der Waals surface area contributed by atoms with Gasteiger partial charge in [0.2, 0.25) is 29.5 Å². The third-order valence-corrected chi connectivity index (χ3v) is 22.3. The van der Waals surface area contributed by atoms with E-state index in [0.717, 1.165) is 80.8 Å². The maximum absolute atomic E-state index is 12.4. The molecule has 0 spiro atoms. The van der Waals surface area contributed by atoms with Crippen LogP contribution in [0.2, 0.25) is 0 Å². The van der Waals surface area contributed by atoms with Crippen LogP contribution in [0.3, 0.4) is 0 Å². The average Bonchev–Trinajstić information content (AvgIpc) is 1.61. The fraction of sp³-hybridized carbons (Fsp3) is 0.693. The van der Waals surface area contributed by atoms with Crippen LogP contribution in [0.1, 0.15) is 218 Å². The minimum absolute atomic E-state index is 0. The number of esters is 3. The number of allylic oxidation sites excluding steroid dienone is 1. The number of carbonyl (C=O) groups excluding carboxylic acids is 8. The number of rotatable bonds is 23. The van der Waals surface area contributed by atoms with E-state index in [1.165, 1.54) is 51.0 Å². The van der Waals surface area contributed by atoms with E-state index in [2.05, 4.69) is 85.1 Å². The molecule has 6 atom stereocenters. The molecule has 8 heterocycles. The molecule has 6 saturated carbocycles. The van der Waals surface area contributed by atoms with E-state index in [1.807, 2.05) is 44.2 Å². The van der Waals surface area contributed by atoms with Gasteiger partial charge in [-0.2, -0.15) is 32.0 Å². The average molecular weight is 1710 g/mol. The number of carboxylic acids is 1. The number of hydrogen-bond donors (Lipinski definition) is 9. The molecule has 0 unspecified atom stereocenters. The predicted octanol–water partition coefficient (Wildman–Crippen LogP) is 5.54. The van der Waals surface area contributed by atoms with Gasteiger partial charge in [0.1, 0.15) is 30.5 Å². The molecule has 6 aliphatic heterocycles. The monoisotopic (exact) mass is 1710 g/mol. The van der Waals surface area contributed by atoms with Crippen molar-refractivity contribution >= 4 is 74.5 Å². The van der Waals surface area contributed by atoms with Gasteiger partial charge in [-0.25, -0.2) is 34.6 Å². The van der Waals surface area contributed by atoms with Gasteiger partial charge >= 0.3 is 62.8 Å². The summed E-state index contributed by atoms with van der Waals surface area (Å²) in [6.07, 6.45) is 20.9. The summed E-state index contributed by atoms with van der Waals surface area (Å²) in [6, 6.07) is 5.96. The van der Waals surface area contributed by atoms with E-state index in [-0.39, 0.29) is 66.5 Å². The summed E-state index contributed by atoms with van der Waals surface area (Å²) < 4.78 is 95.5. The summed E-state index contributed by atoms with van der Waals surface area (Å²) >= 11 is 0. The van der Waals surface area contributed by atoms with Gasteiger partial charge in [-0.05, 0) is 176 Å². The van der Waals surface area contributed by atoms with Gasteiger partial charge in [-0.1, -0.05) is 70.2 Å². The number of hydroxylamine groups is 6. The molecule has 16 N–H and O–H groups in total. The molecule has 0 radical (unpaired) electrons. The molecule has 12 fully saturated rings. The first-order valence-electron chi connectivity index (χ1n) is 39.9. The lowest BCUT2D eigenvalue weighted by atomic mass is 9.74. The van der Waals surface area contributed by atoms with Gasteiger partial charge in [-0.3, -0.25) is 45.4 Å². The number of ketones is 1. The minimum atomic E-state index is -4.75. The molecule has 6 bridgehead atoms. The van der Waals surface area contributed by atoms with E-state index in [4.69, 9.17) is 54.7 Å². The van der Waals surface area contributed by atoms with Crippen molar-refractivity contribution in [1.29, 1.82) is 0 Å². The van der Waals surface area contributed by atoms with Crippen molar-refractivity contribution in [3.05, 3.63) is 83.8 Å². The number of aromatic nitrogens is 4. The minimum Gasteiger partial charge on any atom is -0.480 e. The molecule has 2 aromatic heterocycles. The second-order valence-electron chi connectivity index (χ2n) is 31.5. The zero-order valence-corrected chi connectivity index (χ0v) is 69.7. The highest BCUT2D eigenvalue weighted by atomic mass is 32.3. The van der Waals surface area contributed by atoms with E-state index in [1.54, 1.807) is 13.0 Å². The normalized spacial score (nSPS) is 27.0. The van der Waals surface area contributed by atoms with Crippen LogP contribution < -0.4 is 34.4 Å². The highest BCUT2D eigenvalue weighted by molar-refractivity contribution is 7.81. The first-order chi connectivity index (χ1) is 55.5. The van der Waals surface area contributed by atoms with E-state index < -0.39 is 69.0 Å². The lowest BCUT2D eigenvalue weighted by molar-refractivity contribution is -0.145. The van der Waals surface area contributed by atoms with Crippen LogP contribution in [0.5, 0.6) is 0 Å². The second kappa shape index (κ2) is 46.7. The predicted molar refractivity (Wildman–Crippen MR) is 419 cm³/mol. The zero-order chi connectivity index (χ0) is 86.0. The van der Waals surface area contributed by atoms with Crippen molar-refractivity contribution < 1.29 is 116 Å². The van der Waals surface area contributed by atoms with Crippen LogP contribution >= 0.6 is 0 Å². The van der Waals surface area contributed by atoms with Crippen LogP contribution in [0.15, 0.2) is 63.5 Å². The van der Waals surface area contributed by atoms with Gasteiger partial charge in [0.05, 0.1) is 37.9 Å². The van der Waals surface area contributed by atoms with E-state index in [9.17, 15) is 60.0 Å². The summed E-state index contributed by atoms with van der Waals surface area (Å²) in [5.41, 5.74) is 15.9. The first kappa shape index (κ1) is 98.1. The number of aliphatic carboxylic acids is 1. The number of Topliss-reactive ketones (excluding diaryl/α,β-unsaturated/α-hetero) is 1. The van der Waals surface area contributed by atoms with Crippen molar-refractivity contribution in [3.8, 4) is 0 Å². The first-order valence-corrected chi connectivity index (χ1v) is 42.6. The Morgan fingerprint density at radius 3 is 1.37 bits per heavy atom. The lowest BCUT2D eigenvalue weighted by Gasteiger charge is -2.31. The lowest BCUT2D eigenvalue weighted by Crippen LogP contribution is -2.44. The summed E-state index contributed by atoms with van der Waals surface area (Å²) in [4.78, 5) is 111. The molecule has 15 rings (SSSR count). The zero-order valence-electron chi connectivity index (χ0n) is 68.1. The Bertz CT molecular complexity index is 3900. The number of fused-ring (bicyclic) bond motifs is 6. The molecule has 118 heavy (non-hydrogen) atoms. The number of carboxylic acid groups (broad SMARTS) is 1. The molecule has 662 valence electrons. The SMILES string of the molecule is C=CC(=O)OCC.CC1CC(=O)C1.CC1CC(CC(=O)NN)C1.CCOC(=O)C=C1CC(C)C1.CCOC(=O)CC1CC(C)C1.NC1CC(Cc2nnc([C@@H]3CC[C@@H]4CN3C(=O)N4OS(=O)(=O)O)o2)C1.NC1CC(Cc2nnc([C@@H]3CC[C@@H]4CN3C(=O)N4OS(=O)(=O)O)o2)C1.NN.O.O=C(O)[C@@H]1CC[C@@H]2CN1C(=O)N2OCc1ccccc1. The third-order valence-electron chi connectivity index (χ3n) is 21.6. The standard InChI is InChI=1S/C14H16N2O4.2C13H19N5O6S.C9H16O2.C9H14O2.C7H14N2O.C5H8O2.C5H8O.H4N2.H2O/c17-13(18)12-7-6-11-8-15(12)14(19)16(11)20-9-10-4-2-1-3-5-10;2*14-8-3-7(4-8)5-11-15-16-12(23-11)10-2-1-9-6-17(10)13(19)18(9)24-25(20,21)22;2*1-3-11-9(10)6-8-4-7(2)5-8;1-5-2-6(3-5)4-7(10)9-8;1-3-5(6)7-4-2;1-4-2-5(6)3-4;1-2;/h1-5,11-12H,6-9H2,(H,17,18);2*7-10H,1-6,14H2,(H,20,21,22);7-8H,3-6H2,1-2H3;6-7H,3-5H2,1-2H3;5-6H,2-4,8H2,1H3,(H,9,10);3H,1,4H2,2H3;4H,2-3H2,1H3;1-2H2;1H2/t11-,12+;2*7?,8?,9-,10+;;;;;;;/m111......./s1. The summed E-state index contributed by atoms with van der Waals surface area (Å²) in [7, 11) is -9.51. The summed E-state index contributed by atoms with van der Waals surface area (Å²) in [5.74, 6) is 18.7. The summed E-state index contributed by atoms with van der Waals surface area (Å²) in [6.45, 7) is 20.0. The number of ether oxygens (including phenoxy) is 3. The van der Waals surface area contributed by atoms with Gasteiger partial charge in [0.15, 0.2) is 0 Å². The van der Waals surface area contributed by atoms with Crippen LogP contribution in [0.25, 0.3) is 0 Å². The number of nitrogens with one attached hydrogen (secondary N) is 1. The molecule has 3 aromatic rings. The second-order valence-corrected chi connectivity index (χ2v) is 33.5. The van der Waals surface area contributed by atoms with Gasteiger partial charge in [0, 0.05) is 82.4 Å². The van der Waals surface area contributed by atoms with Gasteiger partial charge in [-0.15, -0.1) is 29.0 Å². The van der Waals surface area contributed by atoms with Crippen molar-refractivity contribution in [1.82, 2.24) is 55.7 Å². The number of hydrogen-bond acceptors (Lipinski definition) is 30. The van der Waals surface area contributed by atoms with Crippen LogP contribution in [-0.2, 0) is 96.6 Å². The number of hydrazine groups is 2. The maximum Gasteiger partial charge on any atom is 0.418 e. The Kier molecular flexibility index (Phi) is 38.9. The number of amides is 7. The largest absolute Gasteiger partial charge is 0.480 e. The fourth-order valence-electron chi connectivity index (χ4n) is 15.8. The van der Waals surface area contributed by atoms with Gasteiger partial charge < -0.3 is 59.8 Å². The quantitative estimate of drug-likeness (QED) is 0.0107. The maximum atomic E-state index is 12.4. The molecular formula is C75H120N16O25S2.